The number of rotatable bonds is 4. The highest BCUT2D eigenvalue weighted by molar-refractivity contribution is 7.26. The van der Waals surface area contributed by atoms with E-state index in [1.54, 1.807) is 0 Å². The van der Waals surface area contributed by atoms with Crippen molar-refractivity contribution in [3.05, 3.63) is 164 Å². The van der Waals surface area contributed by atoms with E-state index in [0.717, 1.165) is 44.4 Å². The van der Waals surface area contributed by atoms with Gasteiger partial charge >= 0.3 is 0 Å². The molecule has 0 fully saturated rings. The van der Waals surface area contributed by atoms with E-state index in [4.69, 9.17) is 4.42 Å². The zero-order valence-electron chi connectivity index (χ0n) is 25.4. The van der Waals surface area contributed by atoms with E-state index in [1.165, 1.54) is 47.4 Å². The van der Waals surface area contributed by atoms with Crippen LogP contribution in [0.15, 0.2) is 168 Å². The molecule has 2 heterocycles. The molecule has 0 bridgehead atoms. The van der Waals surface area contributed by atoms with Crippen LogP contribution in [-0.4, -0.2) is 0 Å². The van der Waals surface area contributed by atoms with Crippen molar-refractivity contribution in [3.63, 3.8) is 0 Å². The first-order chi connectivity index (χ1) is 23.3. The van der Waals surface area contributed by atoms with E-state index < -0.39 is 0 Å². The molecule has 0 saturated heterocycles. The third-order valence-corrected chi connectivity index (χ3v) is 10.6. The van der Waals surface area contributed by atoms with E-state index in [9.17, 15) is 0 Å². The van der Waals surface area contributed by atoms with Crippen molar-refractivity contribution in [2.45, 2.75) is 0 Å². The van der Waals surface area contributed by atoms with Crippen molar-refractivity contribution in [2.75, 3.05) is 4.90 Å². The average molecular weight is 618 g/mol. The van der Waals surface area contributed by atoms with Gasteiger partial charge in [0.2, 0.25) is 0 Å². The first-order valence-electron chi connectivity index (χ1n) is 15.9. The van der Waals surface area contributed by atoms with Crippen LogP contribution in [0.1, 0.15) is 0 Å². The molecule has 0 unspecified atom stereocenters. The molecule has 47 heavy (non-hydrogen) atoms. The molecule has 0 aliphatic rings. The Bertz CT molecular complexity index is 2810. The Morgan fingerprint density at radius 1 is 0.447 bits per heavy atom. The highest BCUT2D eigenvalue weighted by Gasteiger charge is 2.20. The molecular formula is C44H27NOS. The van der Waals surface area contributed by atoms with E-state index in [1.807, 2.05) is 17.4 Å². The lowest BCUT2D eigenvalue weighted by Gasteiger charge is -2.27. The van der Waals surface area contributed by atoms with Gasteiger partial charge in [0, 0.05) is 58.7 Å². The van der Waals surface area contributed by atoms with E-state index in [-0.39, 0.29) is 0 Å². The largest absolute Gasteiger partial charge is 0.455 e. The molecule has 0 radical (unpaired) electrons. The summed E-state index contributed by atoms with van der Waals surface area (Å²) < 4.78 is 9.04. The van der Waals surface area contributed by atoms with Gasteiger partial charge in [0.25, 0.3) is 0 Å². The van der Waals surface area contributed by atoms with Gasteiger partial charge < -0.3 is 9.32 Å². The SMILES string of the molecule is c1ccc(N(c2ccc3ccccc3c2)c2cc3c4cc(-c5cccc6c5oc5ccccc56)ccc4sc3c3ccccc23)cc1. The maximum atomic E-state index is 6.45. The monoisotopic (exact) mass is 617 g/mol. The average Bonchev–Trinajstić information content (AvgIpc) is 3.70. The lowest BCUT2D eigenvalue weighted by Crippen LogP contribution is -2.10. The zero-order valence-corrected chi connectivity index (χ0v) is 26.2. The van der Waals surface area contributed by atoms with Gasteiger partial charge in [0.05, 0.1) is 5.69 Å². The molecule has 2 aromatic heterocycles. The number of nitrogens with zero attached hydrogens (tertiary/aromatic N) is 1. The molecule has 0 atom stereocenters. The van der Waals surface area contributed by atoms with E-state index in [2.05, 4.69) is 163 Å². The number of anilines is 3. The molecular weight excluding hydrogens is 591 g/mol. The third-order valence-electron chi connectivity index (χ3n) is 9.42. The molecule has 10 aromatic rings. The molecule has 8 aromatic carbocycles. The topological polar surface area (TPSA) is 16.4 Å². The Labute approximate surface area is 275 Å². The highest BCUT2D eigenvalue weighted by Crippen LogP contribution is 2.47. The van der Waals surface area contributed by atoms with Gasteiger partial charge in [-0.1, -0.05) is 115 Å². The molecule has 220 valence electrons. The number of benzene rings is 8. The lowest BCUT2D eigenvalue weighted by atomic mass is 9.98. The minimum atomic E-state index is 0.919. The molecule has 2 nitrogen and oxygen atoms in total. The van der Waals surface area contributed by atoms with Gasteiger partial charge in [-0.2, -0.15) is 0 Å². The summed E-state index contributed by atoms with van der Waals surface area (Å²) in [5, 5.41) is 9.78. The Morgan fingerprint density at radius 2 is 1.19 bits per heavy atom. The number of hydrogen-bond acceptors (Lipinski definition) is 3. The molecule has 0 aliphatic carbocycles. The van der Waals surface area contributed by atoms with Crippen LogP contribution in [0, 0.1) is 0 Å². The maximum absolute atomic E-state index is 6.45. The number of thiophene rings is 1. The molecule has 0 aliphatic heterocycles. The molecule has 10 rings (SSSR count). The fourth-order valence-electron chi connectivity index (χ4n) is 7.23. The van der Waals surface area contributed by atoms with Gasteiger partial charge in [0.15, 0.2) is 0 Å². The molecule has 3 heteroatoms. The Hall–Kier alpha value is -5.90. The van der Waals surface area contributed by atoms with Gasteiger partial charge in [0.1, 0.15) is 11.2 Å². The summed E-state index contributed by atoms with van der Waals surface area (Å²) in [6, 6.07) is 59.0. The molecule has 0 N–H and O–H groups in total. The first kappa shape index (κ1) is 26.3. The first-order valence-corrected chi connectivity index (χ1v) is 16.7. The number of fused-ring (bicyclic) bond motifs is 9. The summed E-state index contributed by atoms with van der Waals surface area (Å²) in [6.45, 7) is 0. The summed E-state index contributed by atoms with van der Waals surface area (Å²) in [6.07, 6.45) is 0. The normalized spacial score (nSPS) is 11.8. The fourth-order valence-corrected chi connectivity index (χ4v) is 8.43. The fraction of sp³-hybridized carbons (Fsp3) is 0. The molecule has 0 spiro atoms. The molecule has 0 amide bonds. The second-order valence-corrected chi connectivity index (χ2v) is 13.2. The van der Waals surface area contributed by atoms with Crippen molar-refractivity contribution in [1.82, 2.24) is 0 Å². The number of para-hydroxylation sites is 3. The van der Waals surface area contributed by atoms with Crippen LogP contribution in [-0.2, 0) is 0 Å². The molecule has 0 saturated carbocycles. The second-order valence-electron chi connectivity index (χ2n) is 12.1. The highest BCUT2D eigenvalue weighted by atomic mass is 32.1. The predicted molar refractivity (Wildman–Crippen MR) is 202 cm³/mol. The van der Waals surface area contributed by atoms with Crippen molar-refractivity contribution in [2.24, 2.45) is 0 Å². The lowest BCUT2D eigenvalue weighted by molar-refractivity contribution is 0.670. The second kappa shape index (κ2) is 10.3. The summed E-state index contributed by atoms with van der Waals surface area (Å²) in [4.78, 5) is 2.41. The third kappa shape index (κ3) is 4.10. The van der Waals surface area contributed by atoms with Crippen LogP contribution in [0.4, 0.5) is 17.1 Å². The van der Waals surface area contributed by atoms with E-state index >= 15 is 0 Å². The van der Waals surface area contributed by atoms with Crippen LogP contribution in [0.3, 0.4) is 0 Å². The van der Waals surface area contributed by atoms with Crippen molar-refractivity contribution < 1.29 is 4.42 Å². The minimum absolute atomic E-state index is 0.919. The van der Waals surface area contributed by atoms with Gasteiger partial charge in [-0.25, -0.2) is 0 Å². The Balaban J connectivity index is 1.25. The Kier molecular flexibility index (Phi) is 5.78. The van der Waals surface area contributed by atoms with Crippen molar-refractivity contribution in [3.8, 4) is 11.1 Å². The summed E-state index contributed by atoms with van der Waals surface area (Å²) in [5.41, 5.74) is 7.56. The van der Waals surface area contributed by atoms with Gasteiger partial charge in [-0.3, -0.25) is 0 Å². The summed E-state index contributed by atoms with van der Waals surface area (Å²) in [7, 11) is 0. The van der Waals surface area contributed by atoms with E-state index in [0.29, 0.717) is 0 Å². The summed E-state index contributed by atoms with van der Waals surface area (Å²) >= 11 is 1.87. The standard InChI is InChI=1S/C44H27NOS/c1-2-13-31(14-3-1)45(32-23-21-28-11-4-5-12-29(28)25-32)40-27-39-38-26-30(22-24-42(38)47-44(39)37-17-7-6-15-34(37)40)33-18-10-19-36-35-16-8-9-20-41(35)46-43(33)36/h1-27H. The van der Waals surface area contributed by atoms with Crippen molar-refractivity contribution in [1.29, 1.82) is 0 Å². The van der Waals surface area contributed by atoms with Gasteiger partial charge in [-0.15, -0.1) is 11.3 Å². The smallest absolute Gasteiger partial charge is 0.143 e. The van der Waals surface area contributed by atoms with Crippen LogP contribution >= 0.6 is 11.3 Å². The Morgan fingerprint density at radius 3 is 2.09 bits per heavy atom. The quantitative estimate of drug-likeness (QED) is 0.195. The van der Waals surface area contributed by atoms with Crippen LogP contribution in [0.5, 0.6) is 0 Å². The summed E-state index contributed by atoms with van der Waals surface area (Å²) in [5.74, 6) is 0. The number of furan rings is 1. The minimum Gasteiger partial charge on any atom is -0.455 e. The van der Waals surface area contributed by atoms with Gasteiger partial charge in [-0.05, 0) is 64.9 Å². The zero-order chi connectivity index (χ0) is 30.9. The number of hydrogen-bond donors (Lipinski definition) is 0. The van der Waals surface area contributed by atoms with Crippen LogP contribution in [0.2, 0.25) is 0 Å². The van der Waals surface area contributed by atoms with Crippen LogP contribution in [0.25, 0.3) is 74.8 Å². The van der Waals surface area contributed by atoms with Crippen LogP contribution < -0.4 is 4.90 Å². The maximum Gasteiger partial charge on any atom is 0.143 e. The predicted octanol–water partition coefficient (Wildman–Crippen LogP) is 13.4. The van der Waals surface area contributed by atoms with Crippen molar-refractivity contribution >= 4 is 92.1 Å².